The van der Waals surface area contributed by atoms with Crippen LogP contribution in [0.1, 0.15) is 36.5 Å². The molecule has 4 rings (SSSR count). The lowest BCUT2D eigenvalue weighted by molar-refractivity contribution is -0.116. The van der Waals surface area contributed by atoms with Gasteiger partial charge in [-0.2, -0.15) is 4.31 Å². The summed E-state index contributed by atoms with van der Waals surface area (Å²) >= 11 is 0. The molecule has 30 heavy (non-hydrogen) atoms. The van der Waals surface area contributed by atoms with Crippen molar-refractivity contribution >= 4 is 27.5 Å². The molecular formula is C22H23N3O4S. The third-order valence-corrected chi connectivity index (χ3v) is 7.41. The number of piperidine rings is 1. The molecule has 0 saturated carbocycles. The predicted octanol–water partition coefficient (Wildman–Crippen LogP) is 2.59. The molecule has 1 fully saturated rings. The zero-order valence-corrected chi connectivity index (χ0v) is 17.5. The van der Waals surface area contributed by atoms with Gasteiger partial charge in [-0.25, -0.2) is 13.4 Å². The molecule has 1 unspecified atom stereocenters. The van der Waals surface area contributed by atoms with E-state index in [0.717, 1.165) is 24.8 Å². The number of fused-ring (bicyclic) bond motifs is 1. The van der Waals surface area contributed by atoms with Crippen LogP contribution in [0.15, 0.2) is 69.7 Å². The lowest BCUT2D eigenvalue weighted by Gasteiger charge is -2.25. The Morgan fingerprint density at radius 2 is 1.80 bits per heavy atom. The maximum absolute atomic E-state index is 12.7. The molecule has 2 aliphatic heterocycles. The minimum absolute atomic E-state index is 0.0176. The SMILES string of the molecule is CC1=CC(=O)NC2=CC(=NC(=O)c3ccc(S(=O)(=O)N4CCCCC4)cc3)C=CC12. The van der Waals surface area contributed by atoms with Crippen LogP contribution in [0.3, 0.4) is 0 Å². The van der Waals surface area contributed by atoms with Gasteiger partial charge in [0.15, 0.2) is 0 Å². The predicted molar refractivity (Wildman–Crippen MR) is 113 cm³/mol. The number of hydrogen-bond donors (Lipinski definition) is 1. The van der Waals surface area contributed by atoms with Crippen LogP contribution in [-0.2, 0) is 14.8 Å². The van der Waals surface area contributed by atoms with E-state index in [1.54, 1.807) is 18.2 Å². The van der Waals surface area contributed by atoms with Crippen molar-refractivity contribution in [1.29, 1.82) is 0 Å². The fourth-order valence-electron chi connectivity index (χ4n) is 3.86. The van der Waals surface area contributed by atoms with Crippen LogP contribution in [-0.4, -0.2) is 43.3 Å². The molecule has 7 nitrogen and oxygen atoms in total. The molecule has 1 aliphatic carbocycles. The molecule has 1 N–H and O–H groups in total. The molecule has 1 saturated heterocycles. The van der Waals surface area contributed by atoms with E-state index in [4.69, 9.17) is 0 Å². The highest BCUT2D eigenvalue weighted by Gasteiger charge is 2.26. The molecule has 8 heteroatoms. The van der Waals surface area contributed by atoms with Gasteiger partial charge in [0.1, 0.15) is 0 Å². The number of benzene rings is 1. The minimum Gasteiger partial charge on any atom is -0.325 e. The van der Waals surface area contributed by atoms with Gasteiger partial charge in [0.2, 0.25) is 15.9 Å². The van der Waals surface area contributed by atoms with Gasteiger partial charge in [-0.1, -0.05) is 18.1 Å². The summed E-state index contributed by atoms with van der Waals surface area (Å²) in [5.74, 6) is -0.682. The molecule has 2 amide bonds. The molecule has 3 aliphatic rings. The number of carbonyl (C=O) groups excluding carboxylic acids is 2. The van der Waals surface area contributed by atoms with Crippen LogP contribution in [0, 0.1) is 5.92 Å². The molecular weight excluding hydrogens is 402 g/mol. The van der Waals surface area contributed by atoms with E-state index in [-0.39, 0.29) is 16.7 Å². The molecule has 0 aromatic heterocycles. The Hall–Kier alpha value is -2.84. The molecule has 0 bridgehead atoms. The van der Waals surface area contributed by atoms with Crippen molar-refractivity contribution in [3.05, 3.63) is 65.4 Å². The highest BCUT2D eigenvalue weighted by Crippen LogP contribution is 2.26. The maximum atomic E-state index is 12.7. The van der Waals surface area contributed by atoms with E-state index in [9.17, 15) is 18.0 Å². The molecule has 0 spiro atoms. The third kappa shape index (κ3) is 4.06. The number of nitrogens with one attached hydrogen (secondary N) is 1. The average Bonchev–Trinajstić information content (AvgIpc) is 2.74. The van der Waals surface area contributed by atoms with Gasteiger partial charge >= 0.3 is 0 Å². The number of hydrogen-bond acceptors (Lipinski definition) is 4. The van der Waals surface area contributed by atoms with Gasteiger partial charge < -0.3 is 5.32 Å². The topological polar surface area (TPSA) is 95.9 Å². The first kappa shape index (κ1) is 20.4. The Morgan fingerprint density at radius 3 is 2.50 bits per heavy atom. The summed E-state index contributed by atoms with van der Waals surface area (Å²) in [6.45, 7) is 2.95. The summed E-state index contributed by atoms with van der Waals surface area (Å²) in [6.07, 6.45) is 9.66. The Balaban J connectivity index is 1.51. The van der Waals surface area contributed by atoms with E-state index in [0.29, 0.717) is 30.1 Å². The number of sulfonamides is 1. The van der Waals surface area contributed by atoms with E-state index in [1.807, 2.05) is 13.0 Å². The summed E-state index contributed by atoms with van der Waals surface area (Å²) in [6, 6.07) is 5.89. The molecule has 2 heterocycles. The number of nitrogens with zero attached hydrogens (tertiary/aromatic N) is 2. The van der Waals surface area contributed by atoms with E-state index < -0.39 is 15.9 Å². The monoisotopic (exact) mass is 425 g/mol. The van der Waals surface area contributed by atoms with Crippen molar-refractivity contribution in [2.75, 3.05) is 13.1 Å². The van der Waals surface area contributed by atoms with E-state index in [1.165, 1.54) is 28.6 Å². The number of carbonyl (C=O) groups is 2. The average molecular weight is 426 g/mol. The van der Waals surface area contributed by atoms with Crippen molar-refractivity contribution in [3.63, 3.8) is 0 Å². The zero-order valence-electron chi connectivity index (χ0n) is 16.7. The first-order valence-corrected chi connectivity index (χ1v) is 11.4. The van der Waals surface area contributed by atoms with Crippen molar-refractivity contribution < 1.29 is 18.0 Å². The second-order valence-corrected chi connectivity index (χ2v) is 9.58. The standard InChI is InChI=1S/C22H23N3O4S/c1-15-13-21(26)24-20-14-17(7-10-19(15)20)23-22(27)16-5-8-18(9-6-16)30(28,29)25-11-3-2-4-12-25/h5-10,13-14,19H,2-4,11-12H2,1H3,(H,24,26). The number of rotatable bonds is 3. The summed E-state index contributed by atoms with van der Waals surface area (Å²) in [4.78, 5) is 28.5. The van der Waals surface area contributed by atoms with E-state index in [2.05, 4.69) is 10.3 Å². The van der Waals surface area contributed by atoms with Gasteiger partial charge in [-0.15, -0.1) is 0 Å². The van der Waals surface area contributed by atoms with Gasteiger partial charge in [0, 0.05) is 36.3 Å². The van der Waals surface area contributed by atoms with E-state index >= 15 is 0 Å². The molecule has 1 atom stereocenters. The Bertz CT molecular complexity index is 1110. The van der Waals surface area contributed by atoms with Gasteiger partial charge in [-0.05, 0) is 56.2 Å². The Morgan fingerprint density at radius 1 is 1.10 bits per heavy atom. The molecule has 0 radical (unpaired) electrons. The quantitative estimate of drug-likeness (QED) is 0.805. The van der Waals surface area contributed by atoms with Crippen LogP contribution in [0.4, 0.5) is 0 Å². The lowest BCUT2D eigenvalue weighted by Crippen LogP contribution is -2.35. The van der Waals surface area contributed by atoms with Gasteiger partial charge in [0.25, 0.3) is 5.91 Å². The first-order chi connectivity index (χ1) is 14.3. The number of allylic oxidation sites excluding steroid dienone is 3. The summed E-state index contributed by atoms with van der Waals surface area (Å²) < 4.78 is 27.0. The van der Waals surface area contributed by atoms with Crippen LogP contribution < -0.4 is 5.32 Å². The zero-order chi connectivity index (χ0) is 21.3. The van der Waals surface area contributed by atoms with Crippen LogP contribution in [0.2, 0.25) is 0 Å². The van der Waals surface area contributed by atoms with Crippen molar-refractivity contribution in [2.45, 2.75) is 31.1 Å². The number of aliphatic imine (C=N–C) groups is 1. The Kier molecular flexibility index (Phi) is 5.53. The minimum atomic E-state index is -3.54. The Labute approximate surface area is 175 Å². The van der Waals surface area contributed by atoms with Crippen molar-refractivity contribution in [3.8, 4) is 0 Å². The van der Waals surface area contributed by atoms with Crippen molar-refractivity contribution in [1.82, 2.24) is 9.62 Å². The van der Waals surface area contributed by atoms with Gasteiger partial charge in [-0.3, -0.25) is 9.59 Å². The van der Waals surface area contributed by atoms with Gasteiger partial charge in [0.05, 0.1) is 10.6 Å². The summed E-state index contributed by atoms with van der Waals surface area (Å²) in [5, 5.41) is 2.78. The summed E-state index contributed by atoms with van der Waals surface area (Å²) in [5.41, 5.74) is 2.36. The smallest absolute Gasteiger partial charge is 0.277 e. The number of amides is 2. The fraction of sp³-hybridized carbons (Fsp3) is 0.318. The normalized spacial score (nSPS) is 23.4. The highest BCUT2D eigenvalue weighted by atomic mass is 32.2. The third-order valence-electron chi connectivity index (χ3n) is 5.50. The first-order valence-electron chi connectivity index (χ1n) is 9.97. The highest BCUT2D eigenvalue weighted by molar-refractivity contribution is 7.89. The molecule has 1 aromatic carbocycles. The molecule has 1 aromatic rings. The van der Waals surface area contributed by atoms with Crippen LogP contribution in [0.25, 0.3) is 0 Å². The lowest BCUT2D eigenvalue weighted by atomic mass is 9.89. The second kappa shape index (κ2) is 8.12. The second-order valence-electron chi connectivity index (χ2n) is 7.65. The summed E-state index contributed by atoms with van der Waals surface area (Å²) in [7, 11) is -3.54. The van der Waals surface area contributed by atoms with Crippen LogP contribution in [0.5, 0.6) is 0 Å². The largest absolute Gasteiger partial charge is 0.325 e. The van der Waals surface area contributed by atoms with Crippen molar-refractivity contribution in [2.24, 2.45) is 10.9 Å². The maximum Gasteiger partial charge on any atom is 0.277 e. The fourth-order valence-corrected chi connectivity index (χ4v) is 5.37. The van der Waals surface area contributed by atoms with Crippen LogP contribution >= 0.6 is 0 Å². The molecule has 156 valence electrons.